The van der Waals surface area contributed by atoms with Crippen molar-refractivity contribution in [1.82, 2.24) is 39.1 Å². The molecule has 0 aromatic carbocycles. The van der Waals surface area contributed by atoms with Crippen LogP contribution < -0.4 is 10.5 Å². The number of pyridine rings is 1. The second-order valence-corrected chi connectivity index (χ2v) is 6.96. The molecule has 1 aliphatic rings. The Morgan fingerprint density at radius 3 is 2.62 bits per heavy atom. The third kappa shape index (κ3) is 3.49. The highest BCUT2D eigenvalue weighted by Crippen LogP contribution is 2.15. The Hall–Kier alpha value is -3.53. The van der Waals surface area contributed by atoms with Gasteiger partial charge in [-0.05, 0) is 24.3 Å². The van der Waals surface area contributed by atoms with Crippen molar-refractivity contribution in [3.05, 3.63) is 65.3 Å². The van der Waals surface area contributed by atoms with Crippen molar-refractivity contribution in [2.24, 2.45) is 0 Å². The summed E-state index contributed by atoms with van der Waals surface area (Å²) in [6.07, 6.45) is 5.49. The van der Waals surface area contributed by atoms with Crippen LogP contribution in [0.2, 0.25) is 0 Å². The van der Waals surface area contributed by atoms with Gasteiger partial charge in [0.2, 0.25) is 5.95 Å². The van der Waals surface area contributed by atoms with Crippen molar-refractivity contribution >= 4 is 11.6 Å². The summed E-state index contributed by atoms with van der Waals surface area (Å²) in [7, 11) is 0. The van der Waals surface area contributed by atoms with Gasteiger partial charge in [-0.25, -0.2) is 9.36 Å². The van der Waals surface area contributed by atoms with Crippen molar-refractivity contribution < 1.29 is 0 Å². The van der Waals surface area contributed by atoms with Crippen LogP contribution in [0.4, 0.5) is 5.95 Å². The fourth-order valence-corrected chi connectivity index (χ4v) is 3.58. The van der Waals surface area contributed by atoms with E-state index in [9.17, 15) is 4.79 Å². The zero-order valence-corrected chi connectivity index (χ0v) is 15.9. The highest BCUT2D eigenvalue weighted by Gasteiger charge is 2.20. The lowest BCUT2D eigenvalue weighted by molar-refractivity contribution is 0.241. The third-order valence-electron chi connectivity index (χ3n) is 5.17. The van der Waals surface area contributed by atoms with E-state index in [0.29, 0.717) is 12.4 Å². The second kappa shape index (κ2) is 7.47. The van der Waals surface area contributed by atoms with Gasteiger partial charge in [0.1, 0.15) is 0 Å². The Balaban J connectivity index is 1.22. The van der Waals surface area contributed by atoms with Crippen LogP contribution in [0.25, 0.3) is 11.5 Å². The predicted octanol–water partition coefficient (Wildman–Crippen LogP) is 0.294. The SMILES string of the molecule is O=c1ccc(-n2cccn2)nn1CCN1CCN(c2nnc3ccccn23)CC1. The molecule has 0 bridgehead atoms. The molecular weight excluding hydrogens is 370 g/mol. The molecule has 0 spiro atoms. The van der Waals surface area contributed by atoms with Gasteiger partial charge in [0.05, 0.1) is 6.54 Å². The summed E-state index contributed by atoms with van der Waals surface area (Å²) in [4.78, 5) is 16.8. The van der Waals surface area contributed by atoms with Gasteiger partial charge >= 0.3 is 0 Å². The fraction of sp³-hybridized carbons (Fsp3) is 0.316. The molecule has 1 aliphatic heterocycles. The van der Waals surface area contributed by atoms with E-state index in [1.54, 1.807) is 23.0 Å². The van der Waals surface area contributed by atoms with Crippen molar-refractivity contribution in [3.8, 4) is 5.82 Å². The van der Waals surface area contributed by atoms with E-state index < -0.39 is 0 Å². The summed E-state index contributed by atoms with van der Waals surface area (Å²) in [6.45, 7) is 4.84. The Labute approximate surface area is 166 Å². The Morgan fingerprint density at radius 1 is 0.897 bits per heavy atom. The minimum Gasteiger partial charge on any atom is -0.338 e. The first-order chi connectivity index (χ1) is 14.3. The molecule has 0 amide bonds. The molecule has 5 rings (SSSR count). The summed E-state index contributed by atoms with van der Waals surface area (Å²) in [5, 5.41) is 17.2. The molecule has 0 atom stereocenters. The highest BCUT2D eigenvalue weighted by molar-refractivity contribution is 5.46. The van der Waals surface area contributed by atoms with Gasteiger partial charge in [-0.1, -0.05) is 6.07 Å². The van der Waals surface area contributed by atoms with Crippen LogP contribution in [0.5, 0.6) is 0 Å². The zero-order valence-electron chi connectivity index (χ0n) is 15.9. The largest absolute Gasteiger partial charge is 0.338 e. The van der Waals surface area contributed by atoms with Crippen LogP contribution in [0.15, 0.2) is 59.8 Å². The van der Waals surface area contributed by atoms with Crippen molar-refractivity contribution in [3.63, 3.8) is 0 Å². The number of hydrogen-bond acceptors (Lipinski definition) is 7. The number of anilines is 1. The number of rotatable bonds is 5. The lowest BCUT2D eigenvalue weighted by Crippen LogP contribution is -2.48. The number of fused-ring (bicyclic) bond motifs is 1. The molecule has 5 heterocycles. The normalized spacial score (nSPS) is 15.2. The van der Waals surface area contributed by atoms with E-state index in [2.05, 4.69) is 30.2 Å². The molecule has 10 nitrogen and oxygen atoms in total. The summed E-state index contributed by atoms with van der Waals surface area (Å²) in [5.74, 6) is 1.52. The van der Waals surface area contributed by atoms with E-state index in [4.69, 9.17) is 0 Å². The van der Waals surface area contributed by atoms with E-state index in [0.717, 1.165) is 44.3 Å². The molecule has 29 heavy (non-hydrogen) atoms. The second-order valence-electron chi connectivity index (χ2n) is 6.96. The maximum atomic E-state index is 12.2. The summed E-state index contributed by atoms with van der Waals surface area (Å²) >= 11 is 0. The Morgan fingerprint density at radius 2 is 1.79 bits per heavy atom. The Bertz CT molecular complexity index is 1160. The first kappa shape index (κ1) is 17.6. The molecule has 148 valence electrons. The van der Waals surface area contributed by atoms with Crippen molar-refractivity contribution in [2.75, 3.05) is 37.6 Å². The average molecular weight is 391 g/mol. The summed E-state index contributed by atoms with van der Waals surface area (Å²) in [6, 6.07) is 11.0. The average Bonchev–Trinajstić information content (AvgIpc) is 3.44. The molecule has 0 N–H and O–H groups in total. The third-order valence-corrected chi connectivity index (χ3v) is 5.17. The minimum atomic E-state index is -0.102. The minimum absolute atomic E-state index is 0.102. The molecular formula is C19H21N9O. The molecule has 4 aromatic heterocycles. The van der Waals surface area contributed by atoms with Crippen LogP contribution in [0.1, 0.15) is 0 Å². The number of nitrogens with zero attached hydrogens (tertiary/aromatic N) is 9. The number of piperazine rings is 1. The molecule has 0 unspecified atom stereocenters. The van der Waals surface area contributed by atoms with Gasteiger partial charge in [-0.2, -0.15) is 5.10 Å². The maximum absolute atomic E-state index is 12.2. The molecule has 0 aliphatic carbocycles. The molecule has 0 radical (unpaired) electrons. The van der Waals surface area contributed by atoms with Crippen LogP contribution in [0.3, 0.4) is 0 Å². The van der Waals surface area contributed by atoms with Gasteiger partial charge in [0, 0.05) is 57.4 Å². The number of aromatic nitrogens is 7. The van der Waals surface area contributed by atoms with Gasteiger partial charge in [0.15, 0.2) is 11.5 Å². The van der Waals surface area contributed by atoms with Gasteiger partial charge in [-0.15, -0.1) is 15.3 Å². The van der Waals surface area contributed by atoms with Crippen LogP contribution in [0, 0.1) is 0 Å². The maximum Gasteiger partial charge on any atom is 0.266 e. The quantitative estimate of drug-likeness (QED) is 0.483. The van der Waals surface area contributed by atoms with Crippen molar-refractivity contribution in [2.45, 2.75) is 6.54 Å². The van der Waals surface area contributed by atoms with Crippen LogP contribution in [-0.2, 0) is 6.54 Å². The summed E-state index contributed by atoms with van der Waals surface area (Å²) < 4.78 is 5.17. The highest BCUT2D eigenvalue weighted by atomic mass is 16.1. The number of hydrogen-bond donors (Lipinski definition) is 0. The zero-order chi connectivity index (χ0) is 19.6. The molecule has 4 aromatic rings. The Kier molecular flexibility index (Phi) is 4.53. The van der Waals surface area contributed by atoms with E-state index in [1.807, 2.05) is 41.1 Å². The lowest BCUT2D eigenvalue weighted by Gasteiger charge is -2.34. The first-order valence-electron chi connectivity index (χ1n) is 9.63. The van der Waals surface area contributed by atoms with Gasteiger partial charge in [-0.3, -0.25) is 14.1 Å². The monoisotopic (exact) mass is 391 g/mol. The smallest absolute Gasteiger partial charge is 0.266 e. The van der Waals surface area contributed by atoms with Crippen molar-refractivity contribution in [1.29, 1.82) is 0 Å². The lowest BCUT2D eigenvalue weighted by atomic mass is 10.3. The molecule has 1 fully saturated rings. The van der Waals surface area contributed by atoms with Crippen LogP contribution >= 0.6 is 0 Å². The van der Waals surface area contributed by atoms with Gasteiger partial charge < -0.3 is 4.90 Å². The van der Waals surface area contributed by atoms with E-state index >= 15 is 0 Å². The fourth-order valence-electron chi connectivity index (χ4n) is 3.58. The summed E-state index contributed by atoms with van der Waals surface area (Å²) in [5.41, 5.74) is 0.752. The molecule has 1 saturated heterocycles. The topological polar surface area (TPSA) is 89.4 Å². The van der Waals surface area contributed by atoms with Gasteiger partial charge in [0.25, 0.3) is 5.56 Å². The first-order valence-corrected chi connectivity index (χ1v) is 9.63. The van der Waals surface area contributed by atoms with E-state index in [-0.39, 0.29) is 5.56 Å². The predicted molar refractivity (Wildman–Crippen MR) is 107 cm³/mol. The van der Waals surface area contributed by atoms with E-state index in [1.165, 1.54) is 4.68 Å². The van der Waals surface area contributed by atoms with Crippen LogP contribution in [-0.4, -0.2) is 71.8 Å². The standard InChI is InChI=1S/C19H21N9O/c29-18-6-5-17(27-9-3-7-20-27)23-28(18)15-12-24-10-13-25(14-11-24)19-22-21-16-4-1-2-8-26(16)19/h1-9H,10-15H2. The molecule has 10 heteroatoms. The molecule has 0 saturated carbocycles.